The van der Waals surface area contributed by atoms with Gasteiger partial charge in [0, 0.05) is 13.1 Å². The van der Waals surface area contributed by atoms with Crippen LogP contribution in [0.2, 0.25) is 0 Å². The minimum absolute atomic E-state index is 0.307. The van der Waals surface area contributed by atoms with Crippen molar-refractivity contribution in [1.29, 1.82) is 0 Å². The van der Waals surface area contributed by atoms with Crippen molar-refractivity contribution < 1.29 is 13.2 Å². The van der Waals surface area contributed by atoms with Crippen LogP contribution in [0.3, 0.4) is 0 Å². The lowest BCUT2D eigenvalue weighted by atomic mass is 10.0. The van der Waals surface area contributed by atoms with Crippen LogP contribution in [0.4, 0.5) is 14.6 Å². The van der Waals surface area contributed by atoms with Crippen molar-refractivity contribution in [1.82, 2.24) is 9.78 Å². The summed E-state index contributed by atoms with van der Waals surface area (Å²) in [6.07, 6.45) is 1.50. The molecule has 0 radical (unpaired) electrons. The van der Waals surface area contributed by atoms with Crippen LogP contribution in [-0.4, -0.2) is 9.78 Å². The number of nitrogen functional groups attached to an aromatic ring is 1. The molecular formula is C14H11F2N3O. The van der Waals surface area contributed by atoms with Crippen LogP contribution < -0.4 is 5.73 Å². The minimum Gasteiger partial charge on any atom is -0.463 e. The fourth-order valence-corrected chi connectivity index (χ4v) is 2.11. The van der Waals surface area contributed by atoms with Gasteiger partial charge in [-0.2, -0.15) is 5.10 Å². The highest BCUT2D eigenvalue weighted by molar-refractivity contribution is 5.86. The number of benzene rings is 1. The van der Waals surface area contributed by atoms with Crippen molar-refractivity contribution in [3.63, 3.8) is 0 Å². The molecule has 0 atom stereocenters. The molecule has 2 aromatic heterocycles. The van der Waals surface area contributed by atoms with E-state index < -0.39 is 11.6 Å². The summed E-state index contributed by atoms with van der Waals surface area (Å²) in [5, 5.41) is 4.24. The summed E-state index contributed by atoms with van der Waals surface area (Å²) in [5.41, 5.74) is 7.16. The van der Waals surface area contributed by atoms with Crippen LogP contribution in [0.15, 0.2) is 41.0 Å². The monoisotopic (exact) mass is 275 g/mol. The van der Waals surface area contributed by atoms with Crippen molar-refractivity contribution in [3.05, 3.63) is 48.2 Å². The Morgan fingerprint density at radius 2 is 1.90 bits per heavy atom. The van der Waals surface area contributed by atoms with E-state index in [1.165, 1.54) is 23.1 Å². The summed E-state index contributed by atoms with van der Waals surface area (Å²) in [7, 11) is 1.65. The van der Waals surface area contributed by atoms with Crippen molar-refractivity contribution >= 4 is 5.82 Å². The average Bonchev–Trinajstić information content (AvgIpc) is 2.97. The number of halogens is 2. The molecule has 0 amide bonds. The van der Waals surface area contributed by atoms with Crippen LogP contribution in [0.5, 0.6) is 0 Å². The lowest BCUT2D eigenvalue weighted by molar-refractivity contribution is 0.577. The highest BCUT2D eigenvalue weighted by Crippen LogP contribution is 2.36. The molecule has 0 fully saturated rings. The number of furan rings is 1. The highest BCUT2D eigenvalue weighted by Gasteiger charge is 2.20. The minimum atomic E-state index is -0.673. The van der Waals surface area contributed by atoms with Gasteiger partial charge in [-0.05, 0) is 29.8 Å². The molecule has 2 N–H and O–H groups in total. The van der Waals surface area contributed by atoms with Gasteiger partial charge >= 0.3 is 0 Å². The van der Waals surface area contributed by atoms with Crippen molar-refractivity contribution in [2.45, 2.75) is 0 Å². The van der Waals surface area contributed by atoms with Crippen LogP contribution in [0.25, 0.3) is 22.6 Å². The maximum Gasteiger partial charge on any atom is 0.154 e. The smallest absolute Gasteiger partial charge is 0.154 e. The number of nitrogens with zero attached hydrogens (tertiary/aromatic N) is 2. The standard InChI is InChI=1S/C14H11F2N3O/c1-19-14(17)12(8-5-9(15)7-10(16)6-8)13(18-19)11-3-2-4-20-11/h2-7H,17H2,1H3. The van der Waals surface area contributed by atoms with Crippen LogP contribution in [0, 0.1) is 11.6 Å². The van der Waals surface area contributed by atoms with Gasteiger partial charge in [0.1, 0.15) is 23.1 Å². The molecular weight excluding hydrogens is 264 g/mol. The second-order valence-corrected chi connectivity index (χ2v) is 4.37. The number of hydrogen-bond acceptors (Lipinski definition) is 3. The Balaban J connectivity index is 2.27. The number of anilines is 1. The summed E-state index contributed by atoms with van der Waals surface area (Å²) in [6, 6.07) is 6.64. The van der Waals surface area contributed by atoms with Gasteiger partial charge in [-0.1, -0.05) is 0 Å². The van der Waals surface area contributed by atoms with Gasteiger partial charge in [0.2, 0.25) is 0 Å². The van der Waals surface area contributed by atoms with Crippen molar-refractivity contribution in [2.75, 3.05) is 5.73 Å². The normalized spacial score (nSPS) is 10.9. The van der Waals surface area contributed by atoms with E-state index >= 15 is 0 Å². The van der Waals surface area contributed by atoms with Gasteiger partial charge in [0.05, 0.1) is 11.8 Å². The van der Waals surface area contributed by atoms with Gasteiger partial charge in [-0.15, -0.1) is 0 Å². The van der Waals surface area contributed by atoms with Gasteiger partial charge in [0.25, 0.3) is 0 Å². The molecule has 0 saturated carbocycles. The molecule has 3 rings (SSSR count). The summed E-state index contributed by atoms with van der Waals surface area (Å²) in [6.45, 7) is 0. The van der Waals surface area contributed by atoms with Gasteiger partial charge in [0.15, 0.2) is 5.76 Å². The first kappa shape index (κ1) is 12.4. The zero-order valence-corrected chi connectivity index (χ0v) is 10.6. The Bertz CT molecular complexity index is 743. The molecule has 1 aromatic carbocycles. The third-order valence-corrected chi connectivity index (χ3v) is 3.00. The Morgan fingerprint density at radius 1 is 1.20 bits per heavy atom. The maximum absolute atomic E-state index is 13.4. The van der Waals surface area contributed by atoms with E-state index in [0.29, 0.717) is 28.4 Å². The van der Waals surface area contributed by atoms with E-state index in [-0.39, 0.29) is 0 Å². The zero-order chi connectivity index (χ0) is 14.3. The number of rotatable bonds is 2. The Kier molecular flexibility index (Phi) is 2.78. The highest BCUT2D eigenvalue weighted by atomic mass is 19.1. The topological polar surface area (TPSA) is 57.0 Å². The lowest BCUT2D eigenvalue weighted by Crippen LogP contribution is -1.98. The largest absolute Gasteiger partial charge is 0.463 e. The van der Waals surface area contributed by atoms with E-state index in [0.717, 1.165) is 6.07 Å². The molecule has 20 heavy (non-hydrogen) atoms. The Labute approximate surface area is 113 Å². The molecule has 3 aromatic rings. The summed E-state index contributed by atoms with van der Waals surface area (Å²) < 4.78 is 33.5. The summed E-state index contributed by atoms with van der Waals surface area (Å²) >= 11 is 0. The number of hydrogen-bond donors (Lipinski definition) is 1. The van der Waals surface area contributed by atoms with Crippen LogP contribution in [-0.2, 0) is 7.05 Å². The molecule has 6 heteroatoms. The molecule has 0 spiro atoms. The van der Waals surface area contributed by atoms with Gasteiger partial charge in [-0.3, -0.25) is 4.68 Å². The fourth-order valence-electron chi connectivity index (χ4n) is 2.11. The van der Waals surface area contributed by atoms with E-state index in [1.807, 2.05) is 0 Å². The van der Waals surface area contributed by atoms with E-state index in [9.17, 15) is 8.78 Å². The first-order chi connectivity index (χ1) is 9.56. The zero-order valence-electron chi connectivity index (χ0n) is 10.6. The molecule has 0 aliphatic rings. The van der Waals surface area contributed by atoms with Gasteiger partial charge in [-0.25, -0.2) is 8.78 Å². The second kappa shape index (κ2) is 4.48. The first-order valence-electron chi connectivity index (χ1n) is 5.89. The third-order valence-electron chi connectivity index (χ3n) is 3.00. The molecule has 2 heterocycles. The molecule has 0 bridgehead atoms. The average molecular weight is 275 g/mol. The SMILES string of the molecule is Cn1nc(-c2ccco2)c(-c2cc(F)cc(F)c2)c1N. The summed E-state index contributed by atoms with van der Waals surface area (Å²) in [4.78, 5) is 0. The lowest BCUT2D eigenvalue weighted by Gasteiger charge is -2.03. The number of aromatic nitrogens is 2. The molecule has 102 valence electrons. The van der Waals surface area contributed by atoms with E-state index in [4.69, 9.17) is 10.2 Å². The number of nitrogens with two attached hydrogens (primary N) is 1. The van der Waals surface area contributed by atoms with E-state index in [1.54, 1.807) is 19.2 Å². The fraction of sp³-hybridized carbons (Fsp3) is 0.0714. The molecule has 0 saturated heterocycles. The predicted octanol–water partition coefficient (Wildman–Crippen LogP) is 3.21. The molecule has 0 aliphatic heterocycles. The second-order valence-electron chi connectivity index (χ2n) is 4.37. The maximum atomic E-state index is 13.4. The Hall–Kier alpha value is -2.63. The Morgan fingerprint density at radius 3 is 2.50 bits per heavy atom. The van der Waals surface area contributed by atoms with Gasteiger partial charge < -0.3 is 10.2 Å². The molecule has 0 unspecified atom stereocenters. The van der Waals surface area contributed by atoms with Crippen LogP contribution in [0.1, 0.15) is 0 Å². The predicted molar refractivity (Wildman–Crippen MR) is 70.7 cm³/mol. The van der Waals surface area contributed by atoms with Crippen LogP contribution >= 0.6 is 0 Å². The molecule has 4 nitrogen and oxygen atoms in total. The summed E-state index contributed by atoms with van der Waals surface area (Å²) in [5.74, 6) is -0.555. The number of aryl methyl sites for hydroxylation is 1. The van der Waals surface area contributed by atoms with Crippen molar-refractivity contribution in [3.8, 4) is 22.6 Å². The molecule has 0 aliphatic carbocycles. The van der Waals surface area contributed by atoms with E-state index in [2.05, 4.69) is 5.10 Å². The van der Waals surface area contributed by atoms with Crippen molar-refractivity contribution in [2.24, 2.45) is 7.05 Å². The third kappa shape index (κ3) is 1.95. The quantitative estimate of drug-likeness (QED) is 0.781. The first-order valence-corrected chi connectivity index (χ1v) is 5.89.